The number of aromatic carboxylic acids is 1. The van der Waals surface area contributed by atoms with Gasteiger partial charge in [-0.15, -0.1) is 0 Å². The lowest BCUT2D eigenvalue weighted by molar-refractivity contribution is -0.122. The minimum Gasteiger partial charge on any atom is -0.497 e. The van der Waals surface area contributed by atoms with E-state index in [0.717, 1.165) is 5.56 Å². The van der Waals surface area contributed by atoms with E-state index in [1.807, 2.05) is 6.92 Å². The predicted molar refractivity (Wildman–Crippen MR) is 173 cm³/mol. The fraction of sp³-hybridized carbons (Fsp3) is 0.147. The summed E-state index contributed by atoms with van der Waals surface area (Å²) >= 11 is 7.82. The molecular formula is C34H28ClFN2O6S. The molecule has 0 saturated carbocycles. The number of carboxylic acids is 1. The Bertz CT molecular complexity index is 1780. The van der Waals surface area contributed by atoms with Gasteiger partial charge in [0.15, 0.2) is 16.7 Å². The minimum atomic E-state index is -1.03. The maximum absolute atomic E-state index is 14.2. The summed E-state index contributed by atoms with van der Waals surface area (Å²) in [6.45, 7) is 2.27. The number of halogens is 2. The van der Waals surface area contributed by atoms with Crippen LogP contribution in [0.1, 0.15) is 34.0 Å². The van der Waals surface area contributed by atoms with E-state index in [2.05, 4.69) is 0 Å². The molecule has 1 aliphatic heterocycles. The second-order valence-electron chi connectivity index (χ2n) is 9.74. The van der Waals surface area contributed by atoms with E-state index in [-0.39, 0.29) is 41.2 Å². The van der Waals surface area contributed by atoms with Crippen molar-refractivity contribution in [1.29, 1.82) is 0 Å². The summed E-state index contributed by atoms with van der Waals surface area (Å²) in [5, 5.41) is 9.94. The highest BCUT2D eigenvalue weighted by Crippen LogP contribution is 2.40. The molecule has 4 aromatic rings. The van der Waals surface area contributed by atoms with Crippen LogP contribution in [0, 0.1) is 5.82 Å². The number of carboxylic acid groups (broad SMARTS) is 1. The SMILES string of the molecule is CCOc1cc(/C=C2\SC(=Nc3ccc(OC)cc3)N(Cc3ccc(C(=O)O)cc3)C2=O)cc(Cl)c1OCc1ccccc1F. The largest absolute Gasteiger partial charge is 0.497 e. The number of rotatable bonds is 11. The highest BCUT2D eigenvalue weighted by Gasteiger charge is 2.34. The van der Waals surface area contributed by atoms with Gasteiger partial charge in [-0.25, -0.2) is 14.2 Å². The standard InChI is InChI=1S/C34H28ClFN2O6S/c1-3-43-29-17-22(16-27(35)31(29)44-20-24-6-4-5-7-28(24)36)18-30-32(39)38(19-21-8-10-23(11-9-21)33(40)41)34(45-30)37-25-12-14-26(42-2)15-13-25/h4-18H,3,19-20H2,1-2H3,(H,40,41)/b30-18-,37-34?. The van der Waals surface area contributed by atoms with Gasteiger partial charge in [0.2, 0.25) is 0 Å². The average Bonchev–Trinajstić information content (AvgIpc) is 3.31. The maximum Gasteiger partial charge on any atom is 0.335 e. The lowest BCUT2D eigenvalue weighted by Crippen LogP contribution is -2.28. The molecule has 1 N–H and O–H groups in total. The fourth-order valence-corrected chi connectivity index (χ4v) is 5.70. The molecule has 11 heteroatoms. The highest BCUT2D eigenvalue weighted by atomic mass is 35.5. The summed E-state index contributed by atoms with van der Waals surface area (Å²) in [6, 6.07) is 23.1. The molecule has 8 nitrogen and oxygen atoms in total. The molecule has 0 aromatic heterocycles. The first-order chi connectivity index (χ1) is 21.7. The number of amides is 1. The Labute approximate surface area is 268 Å². The summed E-state index contributed by atoms with van der Waals surface area (Å²) < 4.78 is 31.1. The monoisotopic (exact) mass is 646 g/mol. The number of thioether (sulfide) groups is 1. The Kier molecular flexibility index (Phi) is 10.1. The quantitative estimate of drug-likeness (QED) is 0.165. The molecule has 230 valence electrons. The van der Waals surface area contributed by atoms with E-state index < -0.39 is 5.97 Å². The first kappa shape index (κ1) is 31.6. The first-order valence-electron chi connectivity index (χ1n) is 13.8. The number of carbonyl (C=O) groups excluding carboxylic acids is 1. The van der Waals surface area contributed by atoms with Gasteiger partial charge in [-0.2, -0.15) is 0 Å². The second-order valence-corrected chi connectivity index (χ2v) is 11.2. The van der Waals surface area contributed by atoms with E-state index in [1.54, 1.807) is 79.9 Å². The van der Waals surface area contributed by atoms with Gasteiger partial charge < -0.3 is 19.3 Å². The molecule has 0 spiro atoms. The van der Waals surface area contributed by atoms with E-state index in [9.17, 15) is 19.1 Å². The van der Waals surface area contributed by atoms with Crippen molar-refractivity contribution in [2.45, 2.75) is 20.1 Å². The highest BCUT2D eigenvalue weighted by molar-refractivity contribution is 8.18. The molecule has 0 radical (unpaired) electrons. The molecule has 0 unspecified atom stereocenters. The van der Waals surface area contributed by atoms with Gasteiger partial charge in [0.05, 0.1) is 41.4 Å². The summed E-state index contributed by atoms with van der Waals surface area (Å²) in [7, 11) is 1.58. The third-order valence-corrected chi connectivity index (χ3v) is 7.97. The van der Waals surface area contributed by atoms with E-state index in [4.69, 9.17) is 30.8 Å². The Morgan fingerprint density at radius 2 is 1.78 bits per heavy atom. The second kappa shape index (κ2) is 14.3. The van der Waals surface area contributed by atoms with Crippen molar-refractivity contribution in [2.75, 3.05) is 13.7 Å². The Morgan fingerprint density at radius 3 is 2.44 bits per heavy atom. The smallest absolute Gasteiger partial charge is 0.335 e. The molecule has 1 aliphatic rings. The molecule has 45 heavy (non-hydrogen) atoms. The van der Waals surface area contributed by atoms with Crippen molar-refractivity contribution in [2.24, 2.45) is 4.99 Å². The summed E-state index contributed by atoms with van der Waals surface area (Å²) in [6.07, 6.45) is 1.69. The molecule has 1 amide bonds. The normalized spacial score (nSPS) is 14.7. The third kappa shape index (κ3) is 7.65. The first-order valence-corrected chi connectivity index (χ1v) is 15.0. The number of carbonyl (C=O) groups is 2. The fourth-order valence-electron chi connectivity index (χ4n) is 4.42. The number of hydrogen-bond acceptors (Lipinski definition) is 7. The molecule has 1 saturated heterocycles. The topological polar surface area (TPSA) is 97.7 Å². The lowest BCUT2D eigenvalue weighted by atomic mass is 10.1. The average molecular weight is 647 g/mol. The minimum absolute atomic E-state index is 0.0468. The van der Waals surface area contributed by atoms with Crippen LogP contribution in [0.2, 0.25) is 5.02 Å². The Balaban J connectivity index is 1.46. The summed E-state index contributed by atoms with van der Waals surface area (Å²) in [5.74, 6) is -0.417. The van der Waals surface area contributed by atoms with Gasteiger partial charge in [-0.3, -0.25) is 9.69 Å². The van der Waals surface area contributed by atoms with Gasteiger partial charge in [0, 0.05) is 5.56 Å². The van der Waals surface area contributed by atoms with Crippen molar-refractivity contribution < 1.29 is 33.3 Å². The van der Waals surface area contributed by atoms with Crippen LogP contribution in [0.25, 0.3) is 6.08 Å². The van der Waals surface area contributed by atoms with Crippen LogP contribution in [0.4, 0.5) is 10.1 Å². The van der Waals surface area contributed by atoms with Crippen molar-refractivity contribution >= 4 is 52.2 Å². The van der Waals surface area contributed by atoms with E-state index in [0.29, 0.717) is 45.0 Å². The molecular weight excluding hydrogens is 619 g/mol. The molecule has 0 atom stereocenters. The van der Waals surface area contributed by atoms with Gasteiger partial charge in [0.25, 0.3) is 5.91 Å². The third-order valence-electron chi connectivity index (χ3n) is 6.69. The van der Waals surface area contributed by atoms with Crippen LogP contribution in [-0.2, 0) is 17.9 Å². The molecule has 0 bridgehead atoms. The molecule has 1 heterocycles. The number of methoxy groups -OCH3 is 1. The van der Waals surface area contributed by atoms with Crippen molar-refractivity contribution in [3.05, 3.63) is 123 Å². The predicted octanol–water partition coefficient (Wildman–Crippen LogP) is 7.97. The number of aliphatic imine (C=N–C) groups is 1. The van der Waals surface area contributed by atoms with E-state index in [1.165, 1.54) is 34.9 Å². The van der Waals surface area contributed by atoms with Crippen LogP contribution in [-0.4, -0.2) is 40.8 Å². The number of nitrogens with zero attached hydrogens (tertiary/aromatic N) is 2. The molecule has 5 rings (SSSR count). The van der Waals surface area contributed by atoms with Crippen LogP contribution < -0.4 is 14.2 Å². The molecule has 4 aromatic carbocycles. The van der Waals surface area contributed by atoms with Crippen LogP contribution >= 0.6 is 23.4 Å². The lowest BCUT2D eigenvalue weighted by Gasteiger charge is -2.16. The van der Waals surface area contributed by atoms with Crippen molar-refractivity contribution in [1.82, 2.24) is 4.90 Å². The Morgan fingerprint density at radius 1 is 1.04 bits per heavy atom. The van der Waals surface area contributed by atoms with Gasteiger partial charge in [0.1, 0.15) is 18.2 Å². The summed E-state index contributed by atoms with van der Waals surface area (Å²) in [5.41, 5.74) is 2.47. The number of amidine groups is 1. The van der Waals surface area contributed by atoms with Crippen molar-refractivity contribution in [3.63, 3.8) is 0 Å². The number of ether oxygens (including phenoxy) is 3. The van der Waals surface area contributed by atoms with Crippen LogP contribution in [0.3, 0.4) is 0 Å². The van der Waals surface area contributed by atoms with Gasteiger partial charge in [-0.05, 0) is 90.5 Å². The molecule has 0 aliphatic carbocycles. The zero-order valence-electron chi connectivity index (χ0n) is 24.3. The zero-order chi connectivity index (χ0) is 31.9. The van der Waals surface area contributed by atoms with Gasteiger partial charge in [-0.1, -0.05) is 41.9 Å². The van der Waals surface area contributed by atoms with Crippen molar-refractivity contribution in [3.8, 4) is 17.2 Å². The molecule has 1 fully saturated rings. The van der Waals surface area contributed by atoms with Gasteiger partial charge >= 0.3 is 5.97 Å². The number of hydrogen-bond donors (Lipinski definition) is 1. The van der Waals surface area contributed by atoms with Crippen LogP contribution in [0.15, 0.2) is 94.8 Å². The van der Waals surface area contributed by atoms with Crippen LogP contribution in [0.5, 0.6) is 17.2 Å². The maximum atomic E-state index is 14.2. The Hall–Kier alpha value is -4.80. The summed E-state index contributed by atoms with van der Waals surface area (Å²) in [4.78, 5) is 31.7. The van der Waals surface area contributed by atoms with E-state index >= 15 is 0 Å². The zero-order valence-corrected chi connectivity index (χ0v) is 25.9. The number of benzene rings is 4.